The van der Waals surface area contributed by atoms with Crippen LogP contribution in [-0.2, 0) is 0 Å². The van der Waals surface area contributed by atoms with Gasteiger partial charge in [-0.3, -0.25) is 4.79 Å². The van der Waals surface area contributed by atoms with Gasteiger partial charge in [0.05, 0.1) is 11.9 Å². The number of rotatable bonds is 2. The number of nitrogens with zero attached hydrogens (tertiary/aromatic N) is 1. The van der Waals surface area contributed by atoms with Crippen LogP contribution >= 0.6 is 0 Å². The zero-order valence-corrected chi connectivity index (χ0v) is 10.4. The molecule has 2 aromatic rings. The molecule has 2 rings (SSSR count). The van der Waals surface area contributed by atoms with Gasteiger partial charge in [-0.25, -0.2) is 4.98 Å². The van der Waals surface area contributed by atoms with E-state index >= 15 is 0 Å². The zero-order chi connectivity index (χ0) is 13.1. The fraction of sp³-hybridized carbons (Fsp3) is 0.143. The molecule has 0 aliphatic rings. The van der Waals surface area contributed by atoms with Crippen molar-refractivity contribution >= 4 is 17.3 Å². The van der Waals surface area contributed by atoms with Crippen molar-refractivity contribution in [1.82, 2.24) is 4.98 Å². The number of nitrogen functional groups attached to an aromatic ring is 1. The van der Waals surface area contributed by atoms with Gasteiger partial charge in [-0.2, -0.15) is 0 Å². The summed E-state index contributed by atoms with van der Waals surface area (Å²) >= 11 is 0. The Morgan fingerprint density at radius 2 is 2.00 bits per heavy atom. The van der Waals surface area contributed by atoms with E-state index in [0.29, 0.717) is 11.4 Å². The molecule has 0 aliphatic heterocycles. The predicted octanol–water partition coefficient (Wildman–Crippen LogP) is 2.53. The van der Waals surface area contributed by atoms with Crippen molar-refractivity contribution in [2.45, 2.75) is 13.8 Å². The monoisotopic (exact) mass is 241 g/mol. The van der Waals surface area contributed by atoms with Gasteiger partial charge in [-0.05, 0) is 43.2 Å². The lowest BCUT2D eigenvalue weighted by molar-refractivity contribution is 0.102. The van der Waals surface area contributed by atoms with Crippen molar-refractivity contribution < 1.29 is 4.79 Å². The maximum Gasteiger partial charge on any atom is 0.274 e. The average molecular weight is 241 g/mol. The fourth-order valence-electron chi connectivity index (χ4n) is 1.60. The first kappa shape index (κ1) is 12.1. The topological polar surface area (TPSA) is 68.0 Å². The third kappa shape index (κ3) is 2.66. The molecule has 0 unspecified atom stereocenters. The number of nitrogens with one attached hydrogen (secondary N) is 1. The van der Waals surface area contributed by atoms with Crippen molar-refractivity contribution in [3.8, 4) is 0 Å². The van der Waals surface area contributed by atoms with E-state index in [1.54, 1.807) is 12.1 Å². The molecule has 0 radical (unpaired) electrons. The summed E-state index contributed by atoms with van der Waals surface area (Å²) in [7, 11) is 0. The molecule has 0 spiro atoms. The Labute approximate surface area is 106 Å². The molecule has 0 bridgehead atoms. The summed E-state index contributed by atoms with van der Waals surface area (Å²) in [6.45, 7) is 3.93. The molecule has 1 amide bonds. The first-order valence-corrected chi connectivity index (χ1v) is 5.66. The lowest BCUT2D eigenvalue weighted by Crippen LogP contribution is -2.14. The summed E-state index contributed by atoms with van der Waals surface area (Å²) in [6.07, 6.45) is 1.47. The second kappa shape index (κ2) is 4.87. The van der Waals surface area contributed by atoms with Gasteiger partial charge in [0, 0.05) is 5.69 Å². The van der Waals surface area contributed by atoms with Gasteiger partial charge in [0.15, 0.2) is 0 Å². The van der Waals surface area contributed by atoms with Crippen LogP contribution in [0.25, 0.3) is 0 Å². The number of carbonyl (C=O) groups excluding carboxylic acids is 1. The third-order valence-electron chi connectivity index (χ3n) is 2.66. The van der Waals surface area contributed by atoms with Crippen LogP contribution in [0.3, 0.4) is 0 Å². The normalized spacial score (nSPS) is 10.1. The Hall–Kier alpha value is -2.36. The van der Waals surface area contributed by atoms with Crippen molar-refractivity contribution in [3.63, 3.8) is 0 Å². The van der Waals surface area contributed by atoms with Gasteiger partial charge in [-0.1, -0.05) is 12.1 Å². The highest BCUT2D eigenvalue weighted by Crippen LogP contribution is 2.17. The molecule has 1 aromatic carbocycles. The second-order valence-electron chi connectivity index (χ2n) is 4.25. The minimum absolute atomic E-state index is 0.233. The van der Waals surface area contributed by atoms with Crippen LogP contribution in [0, 0.1) is 13.8 Å². The molecular weight excluding hydrogens is 226 g/mol. The smallest absolute Gasteiger partial charge is 0.274 e. The first-order chi connectivity index (χ1) is 8.56. The number of pyridine rings is 1. The van der Waals surface area contributed by atoms with E-state index < -0.39 is 0 Å². The molecular formula is C14H15N3O. The van der Waals surface area contributed by atoms with Gasteiger partial charge in [0.2, 0.25) is 0 Å². The number of hydrogen-bond donors (Lipinski definition) is 2. The van der Waals surface area contributed by atoms with Gasteiger partial charge < -0.3 is 11.1 Å². The highest BCUT2D eigenvalue weighted by molar-refractivity contribution is 6.03. The van der Waals surface area contributed by atoms with Crippen LogP contribution < -0.4 is 11.1 Å². The van der Waals surface area contributed by atoms with E-state index in [1.165, 1.54) is 6.20 Å². The number of benzene rings is 1. The maximum absolute atomic E-state index is 12.0. The summed E-state index contributed by atoms with van der Waals surface area (Å²) in [4.78, 5) is 16.0. The minimum atomic E-state index is -0.233. The average Bonchev–Trinajstić information content (AvgIpc) is 2.34. The zero-order valence-electron chi connectivity index (χ0n) is 10.4. The number of aromatic nitrogens is 1. The molecule has 0 atom stereocenters. The third-order valence-corrected chi connectivity index (χ3v) is 2.66. The van der Waals surface area contributed by atoms with Crippen LogP contribution in [0.15, 0.2) is 36.5 Å². The molecule has 0 fully saturated rings. The number of hydrogen-bond acceptors (Lipinski definition) is 3. The molecule has 92 valence electrons. The second-order valence-corrected chi connectivity index (χ2v) is 4.25. The van der Waals surface area contributed by atoms with Crippen molar-refractivity contribution in [3.05, 3.63) is 53.3 Å². The Balaban J connectivity index is 2.21. The summed E-state index contributed by atoms with van der Waals surface area (Å²) in [6, 6.07) is 9.18. The van der Waals surface area contributed by atoms with Crippen molar-refractivity contribution in [2.24, 2.45) is 0 Å². The SMILES string of the molecule is Cc1ccc(C)c(NC(=O)c2ccc(N)cn2)c1. The highest BCUT2D eigenvalue weighted by atomic mass is 16.1. The van der Waals surface area contributed by atoms with Gasteiger partial charge in [0.25, 0.3) is 5.91 Å². The molecule has 4 heteroatoms. The number of carbonyl (C=O) groups is 1. The van der Waals surface area contributed by atoms with Gasteiger partial charge in [-0.15, -0.1) is 0 Å². The van der Waals surface area contributed by atoms with Gasteiger partial charge >= 0.3 is 0 Å². The Bertz CT molecular complexity index is 576. The summed E-state index contributed by atoms with van der Waals surface area (Å²) in [5.74, 6) is -0.233. The number of anilines is 2. The Morgan fingerprint density at radius 1 is 1.22 bits per heavy atom. The minimum Gasteiger partial charge on any atom is -0.397 e. The summed E-state index contributed by atoms with van der Waals surface area (Å²) in [5.41, 5.74) is 9.34. The van der Waals surface area contributed by atoms with E-state index in [0.717, 1.165) is 16.8 Å². The van der Waals surface area contributed by atoms with Gasteiger partial charge in [0.1, 0.15) is 5.69 Å². The first-order valence-electron chi connectivity index (χ1n) is 5.66. The molecule has 0 saturated heterocycles. The highest BCUT2D eigenvalue weighted by Gasteiger charge is 2.08. The van der Waals surface area contributed by atoms with Crippen LogP contribution in [0.1, 0.15) is 21.6 Å². The Morgan fingerprint density at radius 3 is 2.67 bits per heavy atom. The number of nitrogens with two attached hydrogens (primary N) is 1. The summed E-state index contributed by atoms with van der Waals surface area (Å²) < 4.78 is 0. The van der Waals surface area contributed by atoms with E-state index in [4.69, 9.17) is 5.73 Å². The molecule has 1 heterocycles. The van der Waals surface area contributed by atoms with Crippen LogP contribution in [-0.4, -0.2) is 10.9 Å². The molecule has 4 nitrogen and oxygen atoms in total. The summed E-state index contributed by atoms with van der Waals surface area (Å²) in [5, 5.41) is 2.84. The molecule has 18 heavy (non-hydrogen) atoms. The molecule has 0 aliphatic carbocycles. The number of amides is 1. The van der Waals surface area contributed by atoms with Crippen LogP contribution in [0.2, 0.25) is 0 Å². The Kier molecular flexibility index (Phi) is 3.28. The van der Waals surface area contributed by atoms with E-state index in [2.05, 4.69) is 10.3 Å². The lowest BCUT2D eigenvalue weighted by atomic mass is 10.1. The maximum atomic E-state index is 12.0. The van der Waals surface area contributed by atoms with E-state index in [-0.39, 0.29) is 5.91 Å². The number of aryl methyl sites for hydroxylation is 2. The largest absolute Gasteiger partial charge is 0.397 e. The quantitative estimate of drug-likeness (QED) is 0.849. The van der Waals surface area contributed by atoms with Crippen LogP contribution in [0.5, 0.6) is 0 Å². The lowest BCUT2D eigenvalue weighted by Gasteiger charge is -2.09. The predicted molar refractivity (Wildman–Crippen MR) is 72.5 cm³/mol. The van der Waals surface area contributed by atoms with Crippen molar-refractivity contribution in [1.29, 1.82) is 0 Å². The van der Waals surface area contributed by atoms with E-state index in [1.807, 2.05) is 32.0 Å². The van der Waals surface area contributed by atoms with Crippen LogP contribution in [0.4, 0.5) is 11.4 Å². The van der Waals surface area contributed by atoms with E-state index in [9.17, 15) is 4.79 Å². The van der Waals surface area contributed by atoms with Crippen molar-refractivity contribution in [2.75, 3.05) is 11.1 Å². The molecule has 0 saturated carbocycles. The fourth-order valence-corrected chi connectivity index (χ4v) is 1.60. The molecule has 3 N–H and O–H groups in total. The standard InChI is InChI=1S/C14H15N3O/c1-9-3-4-10(2)13(7-9)17-14(18)12-6-5-11(15)8-16-12/h3-8H,15H2,1-2H3,(H,17,18). The molecule has 1 aromatic heterocycles.